The Labute approximate surface area is 167 Å². The van der Waals surface area contributed by atoms with Crippen molar-refractivity contribution in [2.75, 3.05) is 36.9 Å². The van der Waals surface area contributed by atoms with Gasteiger partial charge < -0.3 is 20.9 Å². The van der Waals surface area contributed by atoms with E-state index in [2.05, 4.69) is 63.1 Å². The largest absolute Gasteiger partial charge is 0.369 e. The topological polar surface area (TPSA) is 68.8 Å². The second kappa shape index (κ2) is 9.78. The maximum atomic E-state index is 12.2. The van der Waals surface area contributed by atoms with Gasteiger partial charge in [0.05, 0.1) is 6.54 Å². The van der Waals surface area contributed by atoms with Gasteiger partial charge in [-0.3, -0.25) is 9.79 Å². The molecule has 1 saturated heterocycles. The molecule has 0 saturated carbocycles. The average Bonchev–Trinajstić information content (AvgIpc) is 3.20. The fraction of sp³-hybridized carbons (Fsp3) is 0.364. The van der Waals surface area contributed by atoms with E-state index in [0.29, 0.717) is 12.0 Å². The van der Waals surface area contributed by atoms with E-state index in [9.17, 15) is 4.79 Å². The Kier molecular flexibility index (Phi) is 6.89. The Balaban J connectivity index is 1.45. The molecule has 1 atom stereocenters. The maximum absolute atomic E-state index is 12.2. The van der Waals surface area contributed by atoms with Gasteiger partial charge in [0.1, 0.15) is 0 Å². The zero-order valence-corrected chi connectivity index (χ0v) is 16.6. The number of para-hydroxylation sites is 1. The van der Waals surface area contributed by atoms with E-state index in [4.69, 9.17) is 0 Å². The number of nitrogens with one attached hydrogen (secondary N) is 3. The summed E-state index contributed by atoms with van der Waals surface area (Å²) in [5.41, 5.74) is 3.26. The van der Waals surface area contributed by atoms with Crippen molar-refractivity contribution in [3.05, 3.63) is 60.2 Å². The van der Waals surface area contributed by atoms with Crippen molar-refractivity contribution in [2.24, 2.45) is 4.99 Å². The fourth-order valence-electron chi connectivity index (χ4n) is 3.38. The molecular weight excluding hydrogens is 350 g/mol. The highest BCUT2D eigenvalue weighted by molar-refractivity contribution is 5.95. The highest BCUT2D eigenvalue weighted by atomic mass is 16.1. The smallest absolute Gasteiger partial charge is 0.243 e. The molecule has 3 rings (SSSR count). The lowest BCUT2D eigenvalue weighted by atomic mass is 10.1. The number of guanidine groups is 1. The van der Waals surface area contributed by atoms with E-state index in [1.807, 2.05) is 24.3 Å². The second-order valence-electron chi connectivity index (χ2n) is 6.94. The van der Waals surface area contributed by atoms with Crippen molar-refractivity contribution in [3.8, 4) is 0 Å². The molecule has 2 aromatic carbocycles. The minimum Gasteiger partial charge on any atom is -0.369 e. The molecule has 148 valence electrons. The third kappa shape index (κ3) is 5.49. The van der Waals surface area contributed by atoms with Gasteiger partial charge in [0.25, 0.3) is 0 Å². The molecule has 0 bridgehead atoms. The number of nitrogens with zero attached hydrogens (tertiary/aromatic N) is 2. The van der Waals surface area contributed by atoms with Crippen molar-refractivity contribution < 1.29 is 4.79 Å². The number of anilines is 2. The number of hydrogen-bond acceptors (Lipinski definition) is 3. The Bertz CT molecular complexity index is 806. The van der Waals surface area contributed by atoms with Gasteiger partial charge in [0.2, 0.25) is 5.91 Å². The summed E-state index contributed by atoms with van der Waals surface area (Å²) >= 11 is 0. The lowest BCUT2D eigenvalue weighted by Gasteiger charge is -2.20. The number of benzene rings is 2. The Morgan fingerprint density at radius 2 is 2.00 bits per heavy atom. The summed E-state index contributed by atoms with van der Waals surface area (Å²) in [4.78, 5) is 18.9. The van der Waals surface area contributed by atoms with E-state index < -0.39 is 0 Å². The summed E-state index contributed by atoms with van der Waals surface area (Å²) in [6, 6.07) is 18.6. The predicted molar refractivity (Wildman–Crippen MR) is 116 cm³/mol. The zero-order valence-electron chi connectivity index (χ0n) is 16.6. The first-order valence-corrected chi connectivity index (χ1v) is 9.84. The Morgan fingerprint density at radius 3 is 2.75 bits per heavy atom. The number of rotatable bonds is 6. The molecule has 0 aromatic heterocycles. The summed E-state index contributed by atoms with van der Waals surface area (Å²) in [6.45, 7) is 4.19. The molecule has 2 aromatic rings. The summed E-state index contributed by atoms with van der Waals surface area (Å²) in [6.07, 6.45) is 1.98. The first-order chi connectivity index (χ1) is 13.7. The van der Waals surface area contributed by atoms with Gasteiger partial charge >= 0.3 is 0 Å². The molecule has 1 aliphatic heterocycles. The zero-order chi connectivity index (χ0) is 19.8. The molecule has 6 nitrogen and oxygen atoms in total. The van der Waals surface area contributed by atoms with Gasteiger partial charge in [-0.15, -0.1) is 0 Å². The summed E-state index contributed by atoms with van der Waals surface area (Å²) in [7, 11) is 1.72. The third-order valence-corrected chi connectivity index (χ3v) is 4.91. The van der Waals surface area contributed by atoms with Gasteiger partial charge in [0.15, 0.2) is 5.96 Å². The summed E-state index contributed by atoms with van der Waals surface area (Å²) in [5.74, 6) is 0.561. The van der Waals surface area contributed by atoms with E-state index in [0.717, 1.165) is 31.6 Å². The van der Waals surface area contributed by atoms with Crippen molar-refractivity contribution in [3.63, 3.8) is 0 Å². The van der Waals surface area contributed by atoms with Crippen LogP contribution in [0.1, 0.15) is 18.9 Å². The van der Waals surface area contributed by atoms with Gasteiger partial charge in [-0.25, -0.2) is 0 Å². The number of carbonyl (C=O) groups excluding carboxylic acids is 1. The molecule has 0 spiro atoms. The van der Waals surface area contributed by atoms with Crippen LogP contribution in [0.15, 0.2) is 59.6 Å². The van der Waals surface area contributed by atoms with Crippen LogP contribution in [0.2, 0.25) is 0 Å². The van der Waals surface area contributed by atoms with Crippen LogP contribution >= 0.6 is 0 Å². The lowest BCUT2D eigenvalue weighted by molar-refractivity contribution is -0.115. The monoisotopic (exact) mass is 379 g/mol. The molecule has 0 radical (unpaired) electrons. The van der Waals surface area contributed by atoms with Gasteiger partial charge in [0, 0.05) is 37.6 Å². The van der Waals surface area contributed by atoms with Crippen LogP contribution in [0.4, 0.5) is 11.4 Å². The van der Waals surface area contributed by atoms with Gasteiger partial charge in [-0.05, 0) is 42.7 Å². The van der Waals surface area contributed by atoms with Crippen molar-refractivity contribution >= 4 is 23.2 Å². The standard InChI is InChI=1S/C22H29N5O/c1-3-17-8-7-9-18(14-17)25-21(28)15-24-22(23-2)26-19-12-13-27(16-19)20-10-5-4-6-11-20/h4-11,14,19H,3,12-13,15-16H2,1-2H3,(H,25,28)(H2,23,24,26). The highest BCUT2D eigenvalue weighted by Crippen LogP contribution is 2.19. The van der Waals surface area contributed by atoms with Crippen molar-refractivity contribution in [2.45, 2.75) is 25.8 Å². The van der Waals surface area contributed by atoms with E-state index in [-0.39, 0.29) is 12.5 Å². The molecule has 1 heterocycles. The quantitative estimate of drug-likeness (QED) is 0.533. The first kappa shape index (κ1) is 19.7. The van der Waals surface area contributed by atoms with Crippen LogP contribution in [-0.2, 0) is 11.2 Å². The fourth-order valence-corrected chi connectivity index (χ4v) is 3.38. The lowest BCUT2D eigenvalue weighted by Crippen LogP contribution is -2.46. The normalized spacial score (nSPS) is 16.7. The van der Waals surface area contributed by atoms with Crippen LogP contribution in [0.3, 0.4) is 0 Å². The highest BCUT2D eigenvalue weighted by Gasteiger charge is 2.23. The first-order valence-electron chi connectivity index (χ1n) is 9.84. The maximum Gasteiger partial charge on any atom is 0.243 e. The van der Waals surface area contributed by atoms with Gasteiger partial charge in [-0.1, -0.05) is 37.3 Å². The summed E-state index contributed by atoms with van der Waals surface area (Å²) < 4.78 is 0. The van der Waals surface area contributed by atoms with Crippen LogP contribution in [-0.4, -0.2) is 44.6 Å². The number of aliphatic imine (C=N–C) groups is 1. The minimum absolute atomic E-state index is 0.0893. The van der Waals surface area contributed by atoms with E-state index >= 15 is 0 Å². The number of aryl methyl sites for hydroxylation is 1. The average molecular weight is 380 g/mol. The molecule has 1 amide bonds. The van der Waals surface area contributed by atoms with Crippen LogP contribution in [0, 0.1) is 0 Å². The SMILES string of the molecule is CCc1cccc(NC(=O)CNC(=NC)NC2CCN(c3ccccc3)C2)c1. The molecule has 1 aliphatic rings. The predicted octanol–water partition coefficient (Wildman–Crippen LogP) is 2.63. The molecule has 3 N–H and O–H groups in total. The minimum atomic E-state index is -0.0893. The number of hydrogen-bond donors (Lipinski definition) is 3. The van der Waals surface area contributed by atoms with Crippen molar-refractivity contribution in [1.82, 2.24) is 10.6 Å². The number of amides is 1. The molecule has 1 unspecified atom stereocenters. The molecular formula is C22H29N5O. The molecule has 1 fully saturated rings. The van der Waals surface area contributed by atoms with Crippen LogP contribution in [0.25, 0.3) is 0 Å². The van der Waals surface area contributed by atoms with E-state index in [1.165, 1.54) is 11.3 Å². The Morgan fingerprint density at radius 1 is 1.18 bits per heavy atom. The van der Waals surface area contributed by atoms with Crippen LogP contribution in [0.5, 0.6) is 0 Å². The molecule has 6 heteroatoms. The van der Waals surface area contributed by atoms with Gasteiger partial charge in [-0.2, -0.15) is 0 Å². The number of carbonyl (C=O) groups is 1. The summed E-state index contributed by atoms with van der Waals surface area (Å²) in [5, 5.41) is 9.45. The van der Waals surface area contributed by atoms with E-state index in [1.54, 1.807) is 7.05 Å². The Hall–Kier alpha value is -3.02. The second-order valence-corrected chi connectivity index (χ2v) is 6.94. The van der Waals surface area contributed by atoms with Crippen LogP contribution < -0.4 is 20.9 Å². The third-order valence-electron chi connectivity index (χ3n) is 4.91. The molecule has 28 heavy (non-hydrogen) atoms. The van der Waals surface area contributed by atoms with Crippen molar-refractivity contribution in [1.29, 1.82) is 0 Å². The molecule has 0 aliphatic carbocycles.